The summed E-state index contributed by atoms with van der Waals surface area (Å²) < 4.78 is 5.59. The number of rotatable bonds is 4. The summed E-state index contributed by atoms with van der Waals surface area (Å²) in [5, 5.41) is 0. The first kappa shape index (κ1) is 14.1. The average Bonchev–Trinajstić information content (AvgIpc) is 2.91. The molecule has 0 saturated carbocycles. The van der Waals surface area contributed by atoms with Crippen LogP contribution < -0.4 is 5.73 Å². The predicted octanol–water partition coefficient (Wildman–Crippen LogP) is 2.06. The van der Waals surface area contributed by atoms with Crippen molar-refractivity contribution in [2.75, 3.05) is 32.8 Å². The first-order chi connectivity index (χ1) is 9.76. The molecular formula is C17H26N2O. The van der Waals surface area contributed by atoms with Crippen LogP contribution in [0.3, 0.4) is 0 Å². The van der Waals surface area contributed by atoms with Crippen molar-refractivity contribution in [3.8, 4) is 0 Å². The molecule has 1 spiro atoms. The molecule has 2 fully saturated rings. The quantitative estimate of drug-likeness (QED) is 0.913. The van der Waals surface area contributed by atoms with Gasteiger partial charge in [0.05, 0.1) is 6.61 Å². The van der Waals surface area contributed by atoms with Gasteiger partial charge < -0.3 is 15.4 Å². The Balaban J connectivity index is 1.45. The van der Waals surface area contributed by atoms with Crippen molar-refractivity contribution in [1.29, 1.82) is 0 Å². The molecule has 20 heavy (non-hydrogen) atoms. The molecule has 2 N–H and O–H groups in total. The van der Waals surface area contributed by atoms with Crippen LogP contribution in [0.1, 0.15) is 24.8 Å². The molecule has 0 amide bonds. The van der Waals surface area contributed by atoms with Gasteiger partial charge in [0.15, 0.2) is 0 Å². The highest BCUT2D eigenvalue weighted by Gasteiger charge is 2.37. The van der Waals surface area contributed by atoms with Gasteiger partial charge in [-0.15, -0.1) is 0 Å². The van der Waals surface area contributed by atoms with Gasteiger partial charge in [0, 0.05) is 19.2 Å². The lowest BCUT2D eigenvalue weighted by molar-refractivity contribution is 0.0779. The molecule has 0 unspecified atom stereocenters. The minimum absolute atomic E-state index is 0.242. The van der Waals surface area contributed by atoms with Crippen LogP contribution in [0.4, 0.5) is 0 Å². The average molecular weight is 274 g/mol. The van der Waals surface area contributed by atoms with Crippen molar-refractivity contribution in [2.24, 2.45) is 11.1 Å². The number of nitrogens with two attached hydrogens (primary N) is 1. The number of piperidine rings is 1. The van der Waals surface area contributed by atoms with Crippen LogP contribution in [0, 0.1) is 5.41 Å². The number of likely N-dealkylation sites (tertiary alicyclic amines) is 1. The fourth-order valence-corrected chi connectivity index (χ4v) is 3.57. The number of benzene rings is 1. The summed E-state index contributed by atoms with van der Waals surface area (Å²) in [7, 11) is 0. The van der Waals surface area contributed by atoms with Gasteiger partial charge in [-0.25, -0.2) is 0 Å². The second-order valence-electron chi connectivity index (χ2n) is 6.55. The normalized spacial score (nSPS) is 24.1. The Labute approximate surface area is 122 Å². The zero-order valence-electron chi connectivity index (χ0n) is 12.3. The lowest BCUT2D eigenvalue weighted by Crippen LogP contribution is -2.46. The van der Waals surface area contributed by atoms with Gasteiger partial charge in [0.1, 0.15) is 0 Å². The Kier molecular flexibility index (Phi) is 4.39. The van der Waals surface area contributed by atoms with Crippen molar-refractivity contribution >= 4 is 0 Å². The molecule has 1 aromatic rings. The van der Waals surface area contributed by atoms with E-state index in [1.54, 1.807) is 0 Å². The zero-order chi connectivity index (χ0) is 13.8. The Hall–Kier alpha value is -0.900. The van der Waals surface area contributed by atoms with Gasteiger partial charge in [0.2, 0.25) is 0 Å². The van der Waals surface area contributed by atoms with E-state index in [9.17, 15) is 0 Å². The molecule has 2 aliphatic rings. The monoisotopic (exact) mass is 274 g/mol. The van der Waals surface area contributed by atoms with E-state index in [-0.39, 0.29) is 6.04 Å². The van der Waals surface area contributed by atoms with Gasteiger partial charge in [-0.3, -0.25) is 0 Å². The van der Waals surface area contributed by atoms with E-state index < -0.39 is 0 Å². The van der Waals surface area contributed by atoms with E-state index in [0.29, 0.717) is 5.41 Å². The smallest absolute Gasteiger partial charge is 0.0524 e. The van der Waals surface area contributed by atoms with Gasteiger partial charge >= 0.3 is 0 Å². The Morgan fingerprint density at radius 1 is 1.15 bits per heavy atom. The molecule has 2 aliphatic heterocycles. The van der Waals surface area contributed by atoms with Gasteiger partial charge in [0.25, 0.3) is 0 Å². The third-order valence-electron chi connectivity index (χ3n) is 4.94. The minimum Gasteiger partial charge on any atom is -0.381 e. The summed E-state index contributed by atoms with van der Waals surface area (Å²) in [6, 6.07) is 10.8. The topological polar surface area (TPSA) is 38.5 Å². The molecule has 3 rings (SSSR count). The Bertz CT molecular complexity index is 404. The molecule has 2 saturated heterocycles. The van der Waals surface area contributed by atoms with E-state index in [1.807, 2.05) is 0 Å². The third kappa shape index (κ3) is 3.40. The highest BCUT2D eigenvalue weighted by Crippen LogP contribution is 2.38. The molecule has 0 radical (unpaired) electrons. The lowest BCUT2D eigenvalue weighted by atomic mass is 9.78. The number of hydrogen-bond acceptors (Lipinski definition) is 3. The first-order valence-electron chi connectivity index (χ1n) is 7.85. The Morgan fingerprint density at radius 2 is 1.90 bits per heavy atom. The van der Waals surface area contributed by atoms with E-state index in [4.69, 9.17) is 10.5 Å². The lowest BCUT2D eigenvalue weighted by Gasteiger charge is -2.39. The molecule has 0 bridgehead atoms. The summed E-state index contributed by atoms with van der Waals surface area (Å²) in [6.07, 6.45) is 4.80. The highest BCUT2D eigenvalue weighted by atomic mass is 16.5. The summed E-state index contributed by atoms with van der Waals surface area (Å²) in [5.41, 5.74) is 8.16. The zero-order valence-corrected chi connectivity index (χ0v) is 12.3. The second kappa shape index (κ2) is 6.25. The number of nitrogens with zero attached hydrogens (tertiary/aromatic N) is 1. The summed E-state index contributed by atoms with van der Waals surface area (Å²) in [6.45, 7) is 5.34. The van der Waals surface area contributed by atoms with E-state index >= 15 is 0 Å². The largest absolute Gasteiger partial charge is 0.381 e. The standard InChI is InChI=1S/C17H26N2O/c18-16(12-15-4-2-1-3-5-15)13-19-9-6-17(7-10-19)8-11-20-14-17/h1-5,16H,6-14,18H2/t16-/m1/s1. The van der Waals surface area contributed by atoms with Crippen LogP contribution in [0.5, 0.6) is 0 Å². The molecule has 3 heteroatoms. The van der Waals surface area contributed by atoms with Crippen LogP contribution >= 0.6 is 0 Å². The number of ether oxygens (including phenoxy) is 1. The minimum atomic E-state index is 0.242. The van der Waals surface area contributed by atoms with Crippen LogP contribution in [0.15, 0.2) is 30.3 Å². The van der Waals surface area contributed by atoms with Gasteiger partial charge in [-0.2, -0.15) is 0 Å². The molecule has 3 nitrogen and oxygen atoms in total. The van der Waals surface area contributed by atoms with Crippen molar-refractivity contribution in [3.05, 3.63) is 35.9 Å². The van der Waals surface area contributed by atoms with Crippen molar-refractivity contribution in [2.45, 2.75) is 31.7 Å². The van der Waals surface area contributed by atoms with Crippen molar-refractivity contribution < 1.29 is 4.74 Å². The summed E-state index contributed by atoms with van der Waals surface area (Å²) in [5.74, 6) is 0. The fourth-order valence-electron chi connectivity index (χ4n) is 3.57. The molecule has 110 valence electrons. The van der Waals surface area contributed by atoms with Crippen LogP contribution in [-0.4, -0.2) is 43.8 Å². The Morgan fingerprint density at radius 3 is 2.55 bits per heavy atom. The first-order valence-corrected chi connectivity index (χ1v) is 7.85. The molecule has 1 atom stereocenters. The number of hydrogen-bond donors (Lipinski definition) is 1. The van der Waals surface area contributed by atoms with Crippen LogP contribution in [0.2, 0.25) is 0 Å². The molecule has 2 heterocycles. The van der Waals surface area contributed by atoms with Crippen molar-refractivity contribution in [1.82, 2.24) is 4.90 Å². The molecular weight excluding hydrogens is 248 g/mol. The van der Waals surface area contributed by atoms with Gasteiger partial charge in [-0.05, 0) is 49.8 Å². The van der Waals surface area contributed by atoms with E-state index in [0.717, 1.165) is 26.2 Å². The van der Waals surface area contributed by atoms with Crippen LogP contribution in [0.25, 0.3) is 0 Å². The SMILES string of the molecule is N[C@H](Cc1ccccc1)CN1CCC2(CCOC2)CC1. The van der Waals surface area contributed by atoms with Crippen molar-refractivity contribution in [3.63, 3.8) is 0 Å². The van der Waals surface area contributed by atoms with Gasteiger partial charge in [-0.1, -0.05) is 30.3 Å². The predicted molar refractivity (Wildman–Crippen MR) is 81.7 cm³/mol. The van der Waals surface area contributed by atoms with E-state index in [1.165, 1.54) is 37.9 Å². The van der Waals surface area contributed by atoms with Crippen LogP contribution in [-0.2, 0) is 11.2 Å². The van der Waals surface area contributed by atoms with E-state index in [2.05, 4.69) is 35.2 Å². The maximum Gasteiger partial charge on any atom is 0.0524 e. The summed E-state index contributed by atoms with van der Waals surface area (Å²) >= 11 is 0. The molecule has 0 aromatic heterocycles. The molecule has 1 aromatic carbocycles. The maximum atomic E-state index is 6.32. The molecule has 0 aliphatic carbocycles. The second-order valence-corrected chi connectivity index (χ2v) is 6.55. The third-order valence-corrected chi connectivity index (χ3v) is 4.94. The maximum absolute atomic E-state index is 6.32. The fraction of sp³-hybridized carbons (Fsp3) is 0.647. The summed E-state index contributed by atoms with van der Waals surface area (Å²) in [4.78, 5) is 2.54. The highest BCUT2D eigenvalue weighted by molar-refractivity contribution is 5.15.